The minimum absolute atomic E-state index is 0.0209. The molecule has 5 heteroatoms. The van der Waals surface area contributed by atoms with Crippen LogP contribution in [0, 0.1) is 13.8 Å². The molecule has 0 radical (unpaired) electrons. The molecule has 0 atom stereocenters. The van der Waals surface area contributed by atoms with Gasteiger partial charge in [-0.25, -0.2) is 13.1 Å². The van der Waals surface area contributed by atoms with Crippen molar-refractivity contribution in [3.63, 3.8) is 0 Å². The van der Waals surface area contributed by atoms with Gasteiger partial charge in [-0.1, -0.05) is 29.8 Å². The highest BCUT2D eigenvalue weighted by atomic mass is 32.2. The zero-order chi connectivity index (χ0) is 13.9. The van der Waals surface area contributed by atoms with E-state index >= 15 is 0 Å². The lowest BCUT2D eigenvalue weighted by molar-refractivity contribution is 0.475. The Kier molecular flexibility index (Phi) is 4.07. The van der Waals surface area contributed by atoms with E-state index in [0.29, 0.717) is 5.76 Å². The highest BCUT2D eigenvalue weighted by Crippen LogP contribution is 2.09. The average molecular weight is 279 g/mol. The van der Waals surface area contributed by atoms with Crippen LogP contribution < -0.4 is 4.72 Å². The van der Waals surface area contributed by atoms with Crippen LogP contribution in [0.4, 0.5) is 0 Å². The van der Waals surface area contributed by atoms with Crippen LogP contribution in [0.3, 0.4) is 0 Å². The van der Waals surface area contributed by atoms with Gasteiger partial charge in [0.05, 0.1) is 12.3 Å². The van der Waals surface area contributed by atoms with Crippen LogP contribution in [0.15, 0.2) is 40.8 Å². The summed E-state index contributed by atoms with van der Waals surface area (Å²) in [5, 5.41) is 0. The normalized spacial score (nSPS) is 11.7. The van der Waals surface area contributed by atoms with Gasteiger partial charge >= 0.3 is 0 Å². The molecule has 1 aromatic heterocycles. The molecule has 0 saturated carbocycles. The summed E-state index contributed by atoms with van der Waals surface area (Å²) in [5.41, 5.74) is 1.88. The van der Waals surface area contributed by atoms with E-state index in [-0.39, 0.29) is 12.3 Å². The molecule has 0 saturated heterocycles. The summed E-state index contributed by atoms with van der Waals surface area (Å²) in [4.78, 5) is 0. The van der Waals surface area contributed by atoms with E-state index in [1.165, 1.54) is 0 Å². The van der Waals surface area contributed by atoms with Gasteiger partial charge in [0.1, 0.15) is 11.5 Å². The van der Waals surface area contributed by atoms with Crippen molar-refractivity contribution in [3.05, 3.63) is 59.0 Å². The molecule has 2 aromatic rings. The van der Waals surface area contributed by atoms with Gasteiger partial charge in [-0.15, -0.1) is 0 Å². The molecule has 0 unspecified atom stereocenters. The summed E-state index contributed by atoms with van der Waals surface area (Å²) in [7, 11) is -3.35. The summed E-state index contributed by atoms with van der Waals surface area (Å²) in [6, 6.07) is 11.0. The Balaban J connectivity index is 1.97. The summed E-state index contributed by atoms with van der Waals surface area (Å²) in [5.74, 6) is 1.37. The van der Waals surface area contributed by atoms with Crippen molar-refractivity contribution in [1.29, 1.82) is 0 Å². The fourth-order valence-corrected chi connectivity index (χ4v) is 2.81. The predicted molar refractivity (Wildman–Crippen MR) is 74.1 cm³/mol. The standard InChI is InChI=1S/C14H17NO3S/c1-11-3-6-13(7-4-11)10-19(16,17)15-9-14-8-5-12(2)18-14/h3-8,15H,9-10H2,1-2H3. The third-order valence-corrected chi connectivity index (χ3v) is 4.04. The second-order valence-electron chi connectivity index (χ2n) is 4.58. The fraction of sp³-hybridized carbons (Fsp3) is 0.286. The number of hydrogen-bond donors (Lipinski definition) is 1. The van der Waals surface area contributed by atoms with Gasteiger partial charge in [0.15, 0.2) is 0 Å². The molecule has 0 amide bonds. The van der Waals surface area contributed by atoms with Crippen molar-refractivity contribution >= 4 is 10.0 Å². The van der Waals surface area contributed by atoms with Crippen LogP contribution in [0.1, 0.15) is 22.6 Å². The molecule has 2 rings (SSSR count). The Morgan fingerprint density at radius 2 is 1.74 bits per heavy atom. The molecule has 0 fully saturated rings. The van der Waals surface area contributed by atoms with Crippen LogP contribution in [-0.4, -0.2) is 8.42 Å². The number of hydrogen-bond acceptors (Lipinski definition) is 3. The van der Waals surface area contributed by atoms with Crippen molar-refractivity contribution < 1.29 is 12.8 Å². The molecular formula is C14H17NO3S. The van der Waals surface area contributed by atoms with Crippen molar-refractivity contribution in [2.75, 3.05) is 0 Å². The van der Waals surface area contributed by atoms with E-state index in [0.717, 1.165) is 16.9 Å². The van der Waals surface area contributed by atoms with Crippen molar-refractivity contribution in [2.45, 2.75) is 26.1 Å². The minimum atomic E-state index is -3.35. The largest absolute Gasteiger partial charge is 0.465 e. The molecule has 1 N–H and O–H groups in total. The van der Waals surface area contributed by atoms with Gasteiger partial charge in [-0.05, 0) is 31.5 Å². The molecule has 1 aromatic carbocycles. The summed E-state index contributed by atoms with van der Waals surface area (Å²) in [6.45, 7) is 3.97. The molecule has 0 bridgehead atoms. The smallest absolute Gasteiger partial charge is 0.216 e. The molecule has 0 aliphatic heterocycles. The zero-order valence-electron chi connectivity index (χ0n) is 11.0. The molecule has 0 aliphatic rings. The quantitative estimate of drug-likeness (QED) is 0.915. The number of rotatable bonds is 5. The third-order valence-electron chi connectivity index (χ3n) is 2.74. The van der Waals surface area contributed by atoms with E-state index in [1.807, 2.05) is 44.2 Å². The van der Waals surface area contributed by atoms with Crippen molar-refractivity contribution in [1.82, 2.24) is 4.72 Å². The molecule has 1 heterocycles. The first-order valence-corrected chi connectivity index (χ1v) is 7.68. The lowest BCUT2D eigenvalue weighted by Crippen LogP contribution is -2.24. The zero-order valence-corrected chi connectivity index (χ0v) is 11.8. The number of sulfonamides is 1. The van der Waals surface area contributed by atoms with E-state index in [4.69, 9.17) is 4.42 Å². The number of nitrogens with one attached hydrogen (secondary N) is 1. The molecule has 0 spiro atoms. The Morgan fingerprint density at radius 1 is 1.05 bits per heavy atom. The lowest BCUT2D eigenvalue weighted by Gasteiger charge is -2.05. The maximum absolute atomic E-state index is 11.9. The van der Waals surface area contributed by atoms with Gasteiger partial charge in [-0.3, -0.25) is 0 Å². The fourth-order valence-electron chi connectivity index (χ4n) is 1.72. The predicted octanol–water partition coefficient (Wildman–Crippen LogP) is 2.52. The SMILES string of the molecule is Cc1ccc(CS(=O)(=O)NCc2ccc(C)o2)cc1. The summed E-state index contributed by atoms with van der Waals surface area (Å²) < 4.78 is 31.7. The highest BCUT2D eigenvalue weighted by Gasteiger charge is 2.12. The van der Waals surface area contributed by atoms with E-state index < -0.39 is 10.0 Å². The molecule has 102 valence electrons. The highest BCUT2D eigenvalue weighted by molar-refractivity contribution is 7.88. The molecule has 0 aliphatic carbocycles. The first kappa shape index (κ1) is 13.8. The number of furan rings is 1. The summed E-state index contributed by atoms with van der Waals surface area (Å²) in [6.07, 6.45) is 0. The van der Waals surface area contributed by atoms with Crippen molar-refractivity contribution in [3.8, 4) is 0 Å². The van der Waals surface area contributed by atoms with E-state index in [1.54, 1.807) is 6.07 Å². The Bertz CT molecular complexity index is 642. The second kappa shape index (κ2) is 5.59. The molecule has 19 heavy (non-hydrogen) atoms. The second-order valence-corrected chi connectivity index (χ2v) is 6.39. The average Bonchev–Trinajstić information content (AvgIpc) is 2.76. The monoisotopic (exact) mass is 279 g/mol. The third kappa shape index (κ3) is 4.22. The van der Waals surface area contributed by atoms with Gasteiger partial charge in [0.2, 0.25) is 10.0 Å². The van der Waals surface area contributed by atoms with Crippen LogP contribution in [0.5, 0.6) is 0 Å². The first-order chi connectivity index (χ1) is 8.94. The lowest BCUT2D eigenvalue weighted by atomic mass is 10.2. The molecular weight excluding hydrogens is 262 g/mol. The molecule has 4 nitrogen and oxygen atoms in total. The van der Waals surface area contributed by atoms with E-state index in [9.17, 15) is 8.42 Å². The first-order valence-electron chi connectivity index (χ1n) is 6.03. The minimum Gasteiger partial charge on any atom is -0.465 e. The number of benzene rings is 1. The maximum atomic E-state index is 11.9. The Morgan fingerprint density at radius 3 is 2.32 bits per heavy atom. The number of aryl methyl sites for hydroxylation is 2. The van der Waals surface area contributed by atoms with Crippen LogP contribution in [0.2, 0.25) is 0 Å². The van der Waals surface area contributed by atoms with Gasteiger partial charge in [0, 0.05) is 0 Å². The Labute approximate surface area is 113 Å². The van der Waals surface area contributed by atoms with Crippen LogP contribution in [-0.2, 0) is 22.3 Å². The van der Waals surface area contributed by atoms with Crippen molar-refractivity contribution in [2.24, 2.45) is 0 Å². The topological polar surface area (TPSA) is 59.3 Å². The van der Waals surface area contributed by atoms with Gasteiger partial charge in [0.25, 0.3) is 0 Å². The van der Waals surface area contributed by atoms with Gasteiger partial charge in [-0.2, -0.15) is 0 Å². The Hall–Kier alpha value is -1.59. The van der Waals surface area contributed by atoms with E-state index in [2.05, 4.69) is 4.72 Å². The van der Waals surface area contributed by atoms with Crippen LogP contribution >= 0.6 is 0 Å². The summed E-state index contributed by atoms with van der Waals surface area (Å²) >= 11 is 0. The van der Waals surface area contributed by atoms with Crippen LogP contribution in [0.25, 0.3) is 0 Å². The van der Waals surface area contributed by atoms with Gasteiger partial charge < -0.3 is 4.42 Å². The maximum Gasteiger partial charge on any atom is 0.216 e.